The third-order valence-electron chi connectivity index (χ3n) is 6.96. The van der Waals surface area contributed by atoms with Gasteiger partial charge in [0.2, 0.25) is 5.91 Å². The van der Waals surface area contributed by atoms with Gasteiger partial charge in [-0.3, -0.25) is 9.59 Å². The Hall–Kier alpha value is -3.88. The summed E-state index contributed by atoms with van der Waals surface area (Å²) >= 11 is 2.88. The molecule has 0 fully saturated rings. The summed E-state index contributed by atoms with van der Waals surface area (Å²) in [5.41, 5.74) is 4.50. The van der Waals surface area contributed by atoms with Crippen molar-refractivity contribution in [2.75, 3.05) is 17.2 Å². The molecule has 2 amide bonds. The van der Waals surface area contributed by atoms with Crippen LogP contribution in [0.25, 0.3) is 0 Å². The first-order valence-electron chi connectivity index (χ1n) is 13.8. The van der Waals surface area contributed by atoms with E-state index in [1.54, 1.807) is 13.0 Å². The largest absolute Gasteiger partial charge is 0.462 e. The van der Waals surface area contributed by atoms with Crippen molar-refractivity contribution in [3.63, 3.8) is 0 Å². The molecule has 210 valence electrons. The lowest BCUT2D eigenvalue weighted by Gasteiger charge is -2.18. The lowest BCUT2D eigenvalue weighted by Crippen LogP contribution is -2.20. The zero-order chi connectivity index (χ0) is 28.8. The quantitative estimate of drug-likeness (QED) is 0.155. The van der Waals surface area contributed by atoms with Crippen molar-refractivity contribution in [3.05, 3.63) is 112 Å². The van der Waals surface area contributed by atoms with Crippen molar-refractivity contribution in [2.45, 2.75) is 49.7 Å². The number of hydrogen-bond acceptors (Lipinski definition) is 6. The van der Waals surface area contributed by atoms with Gasteiger partial charge < -0.3 is 15.4 Å². The fraction of sp³-hybridized carbons (Fsp3) is 0.242. The molecule has 0 spiro atoms. The van der Waals surface area contributed by atoms with Gasteiger partial charge in [0.25, 0.3) is 5.91 Å². The molecule has 1 unspecified atom stereocenters. The van der Waals surface area contributed by atoms with Crippen molar-refractivity contribution in [1.29, 1.82) is 0 Å². The minimum atomic E-state index is -0.590. The summed E-state index contributed by atoms with van der Waals surface area (Å²) in [7, 11) is 0. The van der Waals surface area contributed by atoms with E-state index in [4.69, 9.17) is 4.74 Å². The van der Waals surface area contributed by atoms with Gasteiger partial charge >= 0.3 is 5.97 Å². The number of carbonyl (C=O) groups is 3. The zero-order valence-corrected chi connectivity index (χ0v) is 24.7. The molecular formula is C33H32N2O4S2. The number of amides is 2. The highest BCUT2D eigenvalue weighted by atomic mass is 32.2. The van der Waals surface area contributed by atoms with Gasteiger partial charge in [0.05, 0.1) is 12.2 Å². The number of thiophene rings is 1. The van der Waals surface area contributed by atoms with Crippen LogP contribution in [0.15, 0.2) is 83.8 Å². The summed E-state index contributed by atoms with van der Waals surface area (Å²) in [5.74, 6) is -0.793. The van der Waals surface area contributed by atoms with E-state index < -0.39 is 5.25 Å². The molecule has 41 heavy (non-hydrogen) atoms. The number of esters is 1. The van der Waals surface area contributed by atoms with Crippen LogP contribution in [0.2, 0.25) is 0 Å². The highest BCUT2D eigenvalue weighted by Crippen LogP contribution is 2.41. The molecule has 1 aliphatic carbocycles. The number of benzene rings is 3. The van der Waals surface area contributed by atoms with Gasteiger partial charge in [-0.05, 0) is 80.5 Å². The monoisotopic (exact) mass is 584 g/mol. The Morgan fingerprint density at radius 2 is 1.68 bits per heavy atom. The molecule has 8 heteroatoms. The summed E-state index contributed by atoms with van der Waals surface area (Å²) in [6, 6.07) is 24.5. The lowest BCUT2D eigenvalue weighted by molar-refractivity contribution is -0.115. The number of aryl methyl sites for hydroxylation is 2. The van der Waals surface area contributed by atoms with E-state index in [0.717, 1.165) is 52.1 Å². The first-order valence-corrected chi connectivity index (χ1v) is 15.5. The molecule has 1 aromatic heterocycles. The normalized spacial score (nSPS) is 13.1. The summed E-state index contributed by atoms with van der Waals surface area (Å²) in [4.78, 5) is 41.7. The van der Waals surface area contributed by atoms with E-state index in [9.17, 15) is 14.4 Å². The van der Waals surface area contributed by atoms with Gasteiger partial charge in [-0.25, -0.2) is 4.79 Å². The molecule has 0 saturated heterocycles. The average Bonchev–Trinajstić information content (AvgIpc) is 3.34. The van der Waals surface area contributed by atoms with Gasteiger partial charge in [0.1, 0.15) is 10.3 Å². The van der Waals surface area contributed by atoms with Crippen molar-refractivity contribution in [1.82, 2.24) is 0 Å². The van der Waals surface area contributed by atoms with Crippen LogP contribution in [0.5, 0.6) is 0 Å². The fourth-order valence-corrected chi connectivity index (χ4v) is 7.32. The smallest absolute Gasteiger partial charge is 0.341 e. The molecule has 1 atom stereocenters. The van der Waals surface area contributed by atoms with Gasteiger partial charge in [-0.1, -0.05) is 54.6 Å². The second-order valence-corrected chi connectivity index (χ2v) is 12.1. The van der Waals surface area contributed by atoms with Gasteiger partial charge in [-0.15, -0.1) is 23.1 Å². The third-order valence-corrected chi connectivity index (χ3v) is 9.42. The Labute approximate surface area is 248 Å². The SMILES string of the molecule is CCOC(=O)c1c(NC(=O)C(Sc2cccc(NC(=O)c3ccccc3C)c2)c2ccccc2)sc2c1CCCC2. The minimum absolute atomic E-state index is 0.184. The van der Waals surface area contributed by atoms with Crippen LogP contribution in [-0.4, -0.2) is 24.4 Å². The number of fused-ring (bicyclic) bond motifs is 1. The Bertz CT molecular complexity index is 1560. The summed E-state index contributed by atoms with van der Waals surface area (Å²) < 4.78 is 5.38. The predicted molar refractivity (Wildman–Crippen MR) is 166 cm³/mol. The summed E-state index contributed by atoms with van der Waals surface area (Å²) in [6.45, 7) is 3.96. The van der Waals surface area contributed by atoms with Crippen molar-refractivity contribution in [3.8, 4) is 0 Å². The molecule has 0 radical (unpaired) electrons. The maximum absolute atomic E-state index is 13.9. The maximum atomic E-state index is 13.9. The molecular weight excluding hydrogens is 553 g/mol. The molecule has 1 aliphatic rings. The van der Waals surface area contributed by atoms with Gasteiger partial charge in [0.15, 0.2) is 0 Å². The molecule has 5 rings (SSSR count). The molecule has 0 saturated carbocycles. The minimum Gasteiger partial charge on any atom is -0.462 e. The third kappa shape index (κ3) is 6.72. The topological polar surface area (TPSA) is 84.5 Å². The van der Waals surface area contributed by atoms with Crippen LogP contribution in [0.1, 0.15) is 67.3 Å². The van der Waals surface area contributed by atoms with E-state index >= 15 is 0 Å². The lowest BCUT2D eigenvalue weighted by atomic mass is 9.95. The van der Waals surface area contributed by atoms with E-state index in [1.807, 2.05) is 79.7 Å². The predicted octanol–water partition coefficient (Wildman–Crippen LogP) is 7.84. The average molecular weight is 585 g/mol. The van der Waals surface area contributed by atoms with Crippen molar-refractivity contribution < 1.29 is 19.1 Å². The van der Waals surface area contributed by atoms with E-state index in [1.165, 1.54) is 23.1 Å². The van der Waals surface area contributed by atoms with Gasteiger partial charge in [0, 0.05) is 21.0 Å². The first-order chi connectivity index (χ1) is 19.9. The van der Waals surface area contributed by atoms with E-state index in [2.05, 4.69) is 10.6 Å². The number of ether oxygens (including phenoxy) is 1. The van der Waals surface area contributed by atoms with Crippen molar-refractivity contribution >= 4 is 51.6 Å². The van der Waals surface area contributed by atoms with Crippen LogP contribution in [-0.2, 0) is 22.4 Å². The highest BCUT2D eigenvalue weighted by Gasteiger charge is 2.30. The molecule has 0 aliphatic heterocycles. The van der Waals surface area contributed by atoms with Crippen LogP contribution in [0, 0.1) is 6.92 Å². The fourth-order valence-electron chi connectivity index (χ4n) is 4.96. The molecule has 2 N–H and O–H groups in total. The van der Waals surface area contributed by atoms with Crippen LogP contribution >= 0.6 is 23.1 Å². The Kier molecular flexibility index (Phi) is 9.21. The number of carbonyl (C=O) groups excluding carboxylic acids is 3. The second-order valence-electron chi connectivity index (χ2n) is 9.83. The first kappa shape index (κ1) is 28.6. The van der Waals surface area contributed by atoms with E-state index in [-0.39, 0.29) is 24.4 Å². The number of nitrogens with one attached hydrogen (secondary N) is 2. The Morgan fingerprint density at radius 1 is 0.927 bits per heavy atom. The van der Waals surface area contributed by atoms with Crippen LogP contribution in [0.4, 0.5) is 10.7 Å². The Balaban J connectivity index is 1.40. The van der Waals surface area contributed by atoms with Crippen LogP contribution in [0.3, 0.4) is 0 Å². The number of rotatable bonds is 9. The van der Waals surface area contributed by atoms with Crippen LogP contribution < -0.4 is 10.6 Å². The summed E-state index contributed by atoms with van der Waals surface area (Å²) in [5, 5.41) is 6.03. The molecule has 6 nitrogen and oxygen atoms in total. The molecule has 4 aromatic rings. The standard InChI is InChI=1S/C33H32N2O4S2/c1-3-39-33(38)28-26-18-9-10-19-27(26)41-32(28)35-31(37)29(22-13-5-4-6-14-22)40-24-16-11-15-23(20-24)34-30(36)25-17-8-7-12-21(25)2/h4-8,11-17,20,29H,3,9-10,18-19H2,1-2H3,(H,34,36)(H,35,37). The number of hydrogen-bond donors (Lipinski definition) is 2. The molecule has 1 heterocycles. The highest BCUT2D eigenvalue weighted by molar-refractivity contribution is 8.00. The Morgan fingerprint density at radius 3 is 2.46 bits per heavy atom. The number of thioether (sulfide) groups is 1. The van der Waals surface area contributed by atoms with Crippen molar-refractivity contribution in [2.24, 2.45) is 0 Å². The van der Waals surface area contributed by atoms with Gasteiger partial charge in [-0.2, -0.15) is 0 Å². The zero-order valence-electron chi connectivity index (χ0n) is 23.1. The molecule has 3 aromatic carbocycles. The molecule has 0 bridgehead atoms. The summed E-state index contributed by atoms with van der Waals surface area (Å²) in [6.07, 6.45) is 3.80. The second kappa shape index (κ2) is 13.2. The van der Waals surface area contributed by atoms with E-state index in [0.29, 0.717) is 21.8 Å². The maximum Gasteiger partial charge on any atom is 0.341 e. The number of anilines is 2.